The second-order valence-electron chi connectivity index (χ2n) is 6.51. The van der Waals surface area contributed by atoms with Crippen LogP contribution in [0.4, 0.5) is 11.4 Å². The highest BCUT2D eigenvalue weighted by Crippen LogP contribution is 2.33. The molecule has 2 aromatic rings. The van der Waals surface area contributed by atoms with Crippen LogP contribution in [0.3, 0.4) is 0 Å². The number of benzene rings is 2. The predicted octanol–water partition coefficient (Wildman–Crippen LogP) is 0.494. The first-order valence-corrected chi connectivity index (χ1v) is 10.6. The van der Waals surface area contributed by atoms with Crippen molar-refractivity contribution in [1.29, 1.82) is 0 Å². The Morgan fingerprint density at radius 1 is 1.20 bits per heavy atom. The van der Waals surface area contributed by atoms with Crippen molar-refractivity contribution in [2.75, 3.05) is 29.0 Å². The molecule has 1 unspecified atom stereocenters. The number of carbonyl (C=O) groups excluding carboxylic acids is 3. The van der Waals surface area contributed by atoms with Gasteiger partial charge in [-0.1, -0.05) is 18.2 Å². The van der Waals surface area contributed by atoms with Crippen molar-refractivity contribution in [1.82, 2.24) is 0 Å². The molecule has 2 amide bonds. The van der Waals surface area contributed by atoms with Gasteiger partial charge in [0.1, 0.15) is 5.75 Å². The van der Waals surface area contributed by atoms with Crippen molar-refractivity contribution in [3.63, 3.8) is 0 Å². The van der Waals surface area contributed by atoms with Gasteiger partial charge in [0.15, 0.2) is 12.7 Å². The molecule has 3 rings (SSSR count). The largest absolute Gasteiger partial charge is 0.477 e. The molecule has 0 fully saturated rings. The second kappa shape index (κ2) is 8.41. The number of amides is 2. The van der Waals surface area contributed by atoms with Gasteiger partial charge < -0.3 is 20.1 Å². The summed E-state index contributed by atoms with van der Waals surface area (Å²) in [7, 11) is -3.51. The minimum atomic E-state index is -3.51. The van der Waals surface area contributed by atoms with Crippen LogP contribution in [-0.4, -0.2) is 51.7 Å². The lowest BCUT2D eigenvalue weighted by Crippen LogP contribution is -2.50. The first-order chi connectivity index (χ1) is 14.1. The Balaban J connectivity index is 1.70. The van der Waals surface area contributed by atoms with Crippen molar-refractivity contribution in [2.45, 2.75) is 6.10 Å². The summed E-state index contributed by atoms with van der Waals surface area (Å²) in [5.74, 6) is -1.80. The van der Waals surface area contributed by atoms with Crippen molar-refractivity contribution in [3.8, 4) is 5.75 Å². The van der Waals surface area contributed by atoms with E-state index >= 15 is 0 Å². The molecule has 0 spiro atoms. The number of anilines is 2. The summed E-state index contributed by atoms with van der Waals surface area (Å²) < 4.78 is 35.5. The molecule has 0 saturated carbocycles. The van der Waals surface area contributed by atoms with Crippen molar-refractivity contribution >= 4 is 39.2 Å². The van der Waals surface area contributed by atoms with Gasteiger partial charge in [0.25, 0.3) is 11.8 Å². The van der Waals surface area contributed by atoms with E-state index in [4.69, 9.17) is 15.2 Å². The number of primary amides is 1. The standard InChI is InChI=1S/C19H19N3O7S/c1-30(26,27)21-13-6-4-5-12(9-13)19(25)28-11-17(23)22-10-16(18(20)24)29-15-8-3-2-7-14(15)22/h2-9,16,21H,10-11H2,1H3,(H2,20,24). The number of nitrogens with one attached hydrogen (secondary N) is 1. The zero-order valence-corrected chi connectivity index (χ0v) is 16.7. The average Bonchev–Trinajstić information content (AvgIpc) is 2.69. The first kappa shape index (κ1) is 21.1. The van der Waals surface area contributed by atoms with Crippen LogP contribution in [0.5, 0.6) is 5.75 Å². The summed E-state index contributed by atoms with van der Waals surface area (Å²) in [6, 6.07) is 12.3. The van der Waals surface area contributed by atoms with Gasteiger partial charge in [-0.2, -0.15) is 0 Å². The van der Waals surface area contributed by atoms with Crippen LogP contribution in [0.15, 0.2) is 48.5 Å². The van der Waals surface area contributed by atoms with E-state index in [2.05, 4.69) is 4.72 Å². The Kier molecular flexibility index (Phi) is 5.92. The summed E-state index contributed by atoms with van der Waals surface area (Å²) in [6.45, 7) is -0.709. The fraction of sp³-hybridized carbons (Fsp3) is 0.211. The smallest absolute Gasteiger partial charge is 0.338 e. The second-order valence-corrected chi connectivity index (χ2v) is 8.26. The summed E-state index contributed by atoms with van der Waals surface area (Å²) in [5.41, 5.74) is 5.98. The Bertz CT molecular complexity index is 1100. The predicted molar refractivity (Wildman–Crippen MR) is 108 cm³/mol. The van der Waals surface area contributed by atoms with Crippen LogP contribution in [0.2, 0.25) is 0 Å². The van der Waals surface area contributed by atoms with Crippen LogP contribution in [0, 0.1) is 0 Å². The summed E-state index contributed by atoms with van der Waals surface area (Å²) in [4.78, 5) is 37.8. The fourth-order valence-corrected chi connectivity index (χ4v) is 3.39. The lowest BCUT2D eigenvalue weighted by Gasteiger charge is -2.33. The third-order valence-electron chi connectivity index (χ3n) is 4.12. The molecule has 1 aliphatic heterocycles. The maximum absolute atomic E-state index is 12.7. The molecule has 0 aliphatic carbocycles. The summed E-state index contributed by atoms with van der Waals surface area (Å²) in [6.07, 6.45) is -0.0470. The van der Waals surface area contributed by atoms with Crippen LogP contribution in [0.1, 0.15) is 10.4 Å². The van der Waals surface area contributed by atoms with Crippen molar-refractivity contribution < 1.29 is 32.3 Å². The van der Waals surface area contributed by atoms with Gasteiger partial charge in [-0.3, -0.25) is 14.3 Å². The summed E-state index contributed by atoms with van der Waals surface area (Å²) in [5, 5.41) is 0. The number of sulfonamides is 1. The number of rotatable bonds is 6. The molecule has 1 aliphatic rings. The SMILES string of the molecule is CS(=O)(=O)Nc1cccc(C(=O)OCC(=O)N2CC(C(N)=O)Oc3ccccc32)c1. The number of hydrogen-bond acceptors (Lipinski definition) is 7. The quantitative estimate of drug-likeness (QED) is 0.631. The van der Waals surface area contributed by atoms with Gasteiger partial charge in [-0.25, -0.2) is 13.2 Å². The molecule has 1 heterocycles. The normalized spacial score (nSPS) is 15.5. The molecular formula is C19H19N3O7S. The first-order valence-electron chi connectivity index (χ1n) is 8.74. The van der Waals surface area contributed by atoms with Gasteiger partial charge in [0.2, 0.25) is 10.0 Å². The van der Waals surface area contributed by atoms with Crippen molar-refractivity contribution in [2.24, 2.45) is 5.73 Å². The maximum atomic E-state index is 12.7. The number of carbonyl (C=O) groups is 3. The Morgan fingerprint density at radius 3 is 2.63 bits per heavy atom. The zero-order valence-electron chi connectivity index (χ0n) is 15.9. The highest BCUT2D eigenvalue weighted by Gasteiger charge is 2.33. The van der Waals surface area contributed by atoms with Crippen LogP contribution < -0.4 is 20.1 Å². The molecule has 2 aromatic carbocycles. The van der Waals surface area contributed by atoms with E-state index < -0.39 is 40.5 Å². The minimum Gasteiger partial charge on any atom is -0.477 e. The highest BCUT2D eigenvalue weighted by atomic mass is 32.2. The number of esters is 1. The van der Waals surface area contributed by atoms with Crippen LogP contribution >= 0.6 is 0 Å². The molecule has 0 radical (unpaired) electrons. The number of hydrogen-bond donors (Lipinski definition) is 2. The highest BCUT2D eigenvalue weighted by molar-refractivity contribution is 7.92. The van der Waals surface area contributed by atoms with E-state index in [0.29, 0.717) is 11.4 Å². The van der Waals surface area contributed by atoms with Gasteiger partial charge in [-0.05, 0) is 30.3 Å². The van der Waals surface area contributed by atoms with Gasteiger partial charge >= 0.3 is 5.97 Å². The third kappa shape index (κ3) is 5.06. The summed E-state index contributed by atoms with van der Waals surface area (Å²) >= 11 is 0. The maximum Gasteiger partial charge on any atom is 0.338 e. The third-order valence-corrected chi connectivity index (χ3v) is 4.73. The molecule has 3 N–H and O–H groups in total. The van der Waals surface area contributed by atoms with E-state index in [-0.39, 0.29) is 17.8 Å². The van der Waals surface area contributed by atoms with Gasteiger partial charge in [0, 0.05) is 5.69 Å². The number of para-hydroxylation sites is 2. The Hall–Kier alpha value is -3.60. The van der Waals surface area contributed by atoms with E-state index in [1.165, 1.54) is 29.2 Å². The average molecular weight is 433 g/mol. The lowest BCUT2D eigenvalue weighted by atomic mass is 10.1. The molecular weight excluding hydrogens is 414 g/mol. The molecule has 0 saturated heterocycles. The van der Waals surface area contributed by atoms with E-state index in [0.717, 1.165) is 6.26 Å². The molecule has 11 heteroatoms. The number of nitrogens with zero attached hydrogens (tertiary/aromatic N) is 1. The fourth-order valence-electron chi connectivity index (χ4n) is 2.83. The number of ether oxygens (including phenoxy) is 2. The minimum absolute atomic E-state index is 0.0637. The Labute approximate surface area is 172 Å². The van der Waals surface area contributed by atoms with E-state index in [1.54, 1.807) is 24.3 Å². The Morgan fingerprint density at radius 2 is 1.93 bits per heavy atom. The van der Waals surface area contributed by atoms with Crippen molar-refractivity contribution in [3.05, 3.63) is 54.1 Å². The molecule has 0 bridgehead atoms. The monoisotopic (exact) mass is 433 g/mol. The van der Waals surface area contributed by atoms with Crippen LogP contribution in [0.25, 0.3) is 0 Å². The topological polar surface area (TPSA) is 145 Å². The zero-order chi connectivity index (χ0) is 21.9. The molecule has 1 atom stereocenters. The molecule has 158 valence electrons. The van der Waals surface area contributed by atoms with E-state index in [1.807, 2.05) is 0 Å². The lowest BCUT2D eigenvalue weighted by molar-refractivity contribution is -0.126. The van der Waals surface area contributed by atoms with Crippen LogP contribution in [-0.2, 0) is 24.3 Å². The number of nitrogens with two attached hydrogens (primary N) is 1. The molecule has 0 aromatic heterocycles. The molecule has 30 heavy (non-hydrogen) atoms. The van der Waals surface area contributed by atoms with Gasteiger partial charge in [0.05, 0.1) is 24.1 Å². The van der Waals surface area contributed by atoms with Gasteiger partial charge in [-0.15, -0.1) is 0 Å². The van der Waals surface area contributed by atoms with E-state index in [9.17, 15) is 22.8 Å². The number of fused-ring (bicyclic) bond motifs is 1. The molecule has 10 nitrogen and oxygen atoms in total.